The van der Waals surface area contributed by atoms with Gasteiger partial charge >= 0.3 is 0 Å². The molecule has 1 N–H and O–H groups in total. The summed E-state index contributed by atoms with van der Waals surface area (Å²) in [6.45, 7) is 1.03. The molecule has 6 nitrogen and oxygen atoms in total. The first-order chi connectivity index (χ1) is 10.1. The SMILES string of the molecule is O=C1CNC(c2cccc([N+](=O)[O-])c2)N1CCC1CCC1. The summed E-state index contributed by atoms with van der Waals surface area (Å²) in [5.41, 5.74) is 0.844. The van der Waals surface area contributed by atoms with Crippen LogP contribution >= 0.6 is 0 Å². The lowest BCUT2D eigenvalue weighted by Crippen LogP contribution is -2.33. The van der Waals surface area contributed by atoms with E-state index in [0.29, 0.717) is 6.54 Å². The Morgan fingerprint density at radius 2 is 2.19 bits per heavy atom. The molecule has 2 aliphatic rings. The first-order valence-electron chi connectivity index (χ1n) is 7.42. The monoisotopic (exact) mass is 289 g/mol. The normalized spacial score (nSPS) is 22.4. The smallest absolute Gasteiger partial charge is 0.269 e. The third-order valence-corrected chi connectivity index (χ3v) is 4.48. The molecule has 112 valence electrons. The second kappa shape index (κ2) is 5.81. The molecule has 21 heavy (non-hydrogen) atoms. The van der Waals surface area contributed by atoms with Crippen molar-refractivity contribution in [2.75, 3.05) is 13.1 Å². The van der Waals surface area contributed by atoms with Crippen LogP contribution in [0, 0.1) is 16.0 Å². The van der Waals surface area contributed by atoms with E-state index in [1.807, 2.05) is 11.0 Å². The van der Waals surface area contributed by atoms with E-state index in [2.05, 4.69) is 5.32 Å². The van der Waals surface area contributed by atoms with Gasteiger partial charge in [-0.3, -0.25) is 20.2 Å². The maximum absolute atomic E-state index is 12.0. The van der Waals surface area contributed by atoms with Crippen molar-refractivity contribution >= 4 is 11.6 Å². The molecule has 3 rings (SSSR count). The van der Waals surface area contributed by atoms with Crippen LogP contribution in [0.2, 0.25) is 0 Å². The highest BCUT2D eigenvalue weighted by Gasteiger charge is 2.32. The van der Waals surface area contributed by atoms with Crippen molar-refractivity contribution in [1.82, 2.24) is 10.2 Å². The largest absolute Gasteiger partial charge is 0.322 e. The predicted octanol–water partition coefficient (Wildman–Crippen LogP) is 2.22. The molecule has 1 aromatic rings. The Morgan fingerprint density at radius 3 is 2.86 bits per heavy atom. The quantitative estimate of drug-likeness (QED) is 0.666. The van der Waals surface area contributed by atoms with E-state index in [0.717, 1.165) is 24.4 Å². The van der Waals surface area contributed by atoms with Gasteiger partial charge in [0.25, 0.3) is 5.69 Å². The number of nitrogens with one attached hydrogen (secondary N) is 1. The summed E-state index contributed by atoms with van der Waals surface area (Å²) in [7, 11) is 0. The zero-order chi connectivity index (χ0) is 14.8. The van der Waals surface area contributed by atoms with E-state index in [9.17, 15) is 14.9 Å². The van der Waals surface area contributed by atoms with Crippen LogP contribution in [-0.4, -0.2) is 28.8 Å². The Kier molecular flexibility index (Phi) is 3.88. The molecule has 1 amide bonds. The number of hydrogen-bond donors (Lipinski definition) is 1. The highest BCUT2D eigenvalue weighted by Crippen LogP contribution is 2.31. The van der Waals surface area contributed by atoms with Crippen molar-refractivity contribution in [3.8, 4) is 0 Å². The third kappa shape index (κ3) is 2.90. The highest BCUT2D eigenvalue weighted by atomic mass is 16.6. The highest BCUT2D eigenvalue weighted by molar-refractivity contribution is 5.81. The molecule has 1 aliphatic carbocycles. The molecule has 1 unspecified atom stereocenters. The number of hydrogen-bond acceptors (Lipinski definition) is 4. The van der Waals surface area contributed by atoms with Crippen molar-refractivity contribution in [3.63, 3.8) is 0 Å². The standard InChI is InChI=1S/C15H19N3O3/c19-14-10-16-15(17(14)8-7-11-3-1-4-11)12-5-2-6-13(9-12)18(20)21/h2,5-6,9,11,15-16H,1,3-4,7-8,10H2. The molecule has 0 bridgehead atoms. The summed E-state index contributed by atoms with van der Waals surface area (Å²) in [6, 6.07) is 6.52. The summed E-state index contributed by atoms with van der Waals surface area (Å²) in [5, 5.41) is 14.0. The Labute approximate surface area is 123 Å². The van der Waals surface area contributed by atoms with E-state index in [-0.39, 0.29) is 17.8 Å². The van der Waals surface area contributed by atoms with Gasteiger partial charge in [-0.05, 0) is 17.9 Å². The fraction of sp³-hybridized carbons (Fsp3) is 0.533. The van der Waals surface area contributed by atoms with Gasteiger partial charge < -0.3 is 4.90 Å². The van der Waals surface area contributed by atoms with Gasteiger partial charge in [-0.15, -0.1) is 0 Å². The summed E-state index contributed by atoms with van der Waals surface area (Å²) in [6.07, 6.45) is 4.61. The number of benzene rings is 1. The second-order valence-electron chi connectivity index (χ2n) is 5.81. The lowest BCUT2D eigenvalue weighted by molar-refractivity contribution is -0.385. The average Bonchev–Trinajstić information content (AvgIpc) is 2.79. The van der Waals surface area contributed by atoms with Gasteiger partial charge in [-0.1, -0.05) is 31.4 Å². The van der Waals surface area contributed by atoms with Gasteiger partial charge in [0.15, 0.2) is 0 Å². The van der Waals surface area contributed by atoms with Crippen LogP contribution < -0.4 is 5.32 Å². The van der Waals surface area contributed by atoms with Crippen molar-refractivity contribution in [2.24, 2.45) is 5.92 Å². The van der Waals surface area contributed by atoms with Crippen molar-refractivity contribution in [3.05, 3.63) is 39.9 Å². The second-order valence-corrected chi connectivity index (χ2v) is 5.81. The zero-order valence-corrected chi connectivity index (χ0v) is 11.8. The van der Waals surface area contributed by atoms with Crippen molar-refractivity contribution < 1.29 is 9.72 Å². The molecule has 0 radical (unpaired) electrons. The van der Waals surface area contributed by atoms with Crippen LogP contribution in [0.3, 0.4) is 0 Å². The average molecular weight is 289 g/mol. The Morgan fingerprint density at radius 1 is 1.38 bits per heavy atom. The Bertz CT molecular complexity index is 557. The van der Waals surface area contributed by atoms with Gasteiger partial charge in [-0.2, -0.15) is 0 Å². The first-order valence-corrected chi connectivity index (χ1v) is 7.42. The molecule has 0 aromatic heterocycles. The number of nitro benzene ring substituents is 1. The molecule has 1 saturated heterocycles. The van der Waals surface area contributed by atoms with Gasteiger partial charge in [0.1, 0.15) is 6.17 Å². The van der Waals surface area contributed by atoms with Crippen LogP contribution in [-0.2, 0) is 4.79 Å². The van der Waals surface area contributed by atoms with Crippen LogP contribution in [0.4, 0.5) is 5.69 Å². The van der Waals surface area contributed by atoms with Gasteiger partial charge in [-0.25, -0.2) is 0 Å². The number of carbonyl (C=O) groups excluding carboxylic acids is 1. The van der Waals surface area contributed by atoms with E-state index < -0.39 is 4.92 Å². The molecule has 2 fully saturated rings. The van der Waals surface area contributed by atoms with E-state index in [4.69, 9.17) is 0 Å². The minimum absolute atomic E-state index is 0.0626. The summed E-state index contributed by atoms with van der Waals surface area (Å²) in [4.78, 5) is 24.3. The minimum atomic E-state index is -0.404. The number of carbonyl (C=O) groups is 1. The lowest BCUT2D eigenvalue weighted by Gasteiger charge is -2.30. The number of nitrogens with zero attached hydrogens (tertiary/aromatic N) is 2. The molecule has 1 saturated carbocycles. The molecular weight excluding hydrogens is 270 g/mol. The van der Waals surface area contributed by atoms with Crippen molar-refractivity contribution in [2.45, 2.75) is 31.8 Å². The maximum Gasteiger partial charge on any atom is 0.269 e. The number of non-ortho nitro benzene ring substituents is 1. The third-order valence-electron chi connectivity index (χ3n) is 4.48. The Hall–Kier alpha value is -1.95. The molecule has 0 spiro atoms. The minimum Gasteiger partial charge on any atom is -0.322 e. The summed E-state index contributed by atoms with van der Waals surface area (Å²) in [5.74, 6) is 0.815. The van der Waals surface area contributed by atoms with Gasteiger partial charge in [0.05, 0.1) is 11.5 Å². The molecule has 1 aromatic carbocycles. The topological polar surface area (TPSA) is 75.5 Å². The fourth-order valence-corrected chi connectivity index (χ4v) is 3.00. The van der Waals surface area contributed by atoms with Crippen LogP contribution in [0.15, 0.2) is 24.3 Å². The maximum atomic E-state index is 12.0. The zero-order valence-electron chi connectivity index (χ0n) is 11.8. The molecule has 1 aliphatic heterocycles. The molecule has 6 heteroatoms. The number of amides is 1. The molecule has 1 heterocycles. The van der Waals surface area contributed by atoms with Crippen LogP contribution in [0.5, 0.6) is 0 Å². The summed E-state index contributed by atoms with van der Waals surface area (Å²) < 4.78 is 0. The number of nitro groups is 1. The molecular formula is C15H19N3O3. The number of rotatable bonds is 5. The van der Waals surface area contributed by atoms with Crippen LogP contribution in [0.25, 0.3) is 0 Å². The predicted molar refractivity (Wildman–Crippen MR) is 77.5 cm³/mol. The first kappa shape index (κ1) is 14.0. The van der Waals surface area contributed by atoms with Crippen LogP contribution in [0.1, 0.15) is 37.4 Å². The summed E-state index contributed by atoms with van der Waals surface area (Å²) >= 11 is 0. The van der Waals surface area contributed by atoms with E-state index in [1.165, 1.54) is 25.3 Å². The fourth-order valence-electron chi connectivity index (χ4n) is 3.00. The van der Waals surface area contributed by atoms with Gasteiger partial charge in [0, 0.05) is 18.7 Å². The lowest BCUT2D eigenvalue weighted by atomic mass is 9.83. The molecule has 1 atom stereocenters. The van der Waals surface area contributed by atoms with E-state index >= 15 is 0 Å². The van der Waals surface area contributed by atoms with Crippen molar-refractivity contribution in [1.29, 1.82) is 0 Å². The Balaban J connectivity index is 1.73. The van der Waals surface area contributed by atoms with Gasteiger partial charge in [0.2, 0.25) is 5.91 Å². The van der Waals surface area contributed by atoms with E-state index in [1.54, 1.807) is 12.1 Å².